The van der Waals surface area contributed by atoms with E-state index in [1.54, 1.807) is 24.2 Å². The lowest BCUT2D eigenvalue weighted by molar-refractivity contribution is 0.0142. The lowest BCUT2D eigenvalue weighted by atomic mass is 9.75. The first-order chi connectivity index (χ1) is 21.4. The summed E-state index contributed by atoms with van der Waals surface area (Å²) < 4.78 is 14.7. The van der Waals surface area contributed by atoms with Gasteiger partial charge in [-0.2, -0.15) is 9.61 Å². The van der Waals surface area contributed by atoms with Gasteiger partial charge in [0.25, 0.3) is 11.5 Å². The normalized spacial score (nSPS) is 24.1. The van der Waals surface area contributed by atoms with Crippen molar-refractivity contribution in [3.05, 3.63) is 69.9 Å². The Morgan fingerprint density at radius 1 is 0.977 bits per heavy atom. The van der Waals surface area contributed by atoms with Gasteiger partial charge in [0, 0.05) is 37.0 Å². The van der Waals surface area contributed by atoms with E-state index in [9.17, 15) is 14.0 Å². The van der Waals surface area contributed by atoms with Crippen LogP contribution in [0.25, 0.3) is 28.3 Å². The number of aromatic amines is 1. The van der Waals surface area contributed by atoms with Crippen LogP contribution in [0.4, 0.5) is 4.39 Å². The number of fused-ring (bicyclic) bond motifs is 1. The molecule has 0 spiro atoms. The number of hydrogen-bond donors (Lipinski definition) is 1. The number of hydrogen-bond acceptors (Lipinski definition) is 5. The van der Waals surface area contributed by atoms with Crippen LogP contribution in [0.3, 0.4) is 0 Å². The molecule has 0 unspecified atom stereocenters. The number of benzene rings is 1. The van der Waals surface area contributed by atoms with E-state index in [4.69, 9.17) is 0 Å². The zero-order valence-corrected chi connectivity index (χ0v) is 25.6. The van der Waals surface area contributed by atoms with Crippen LogP contribution in [0, 0.1) is 24.7 Å². The number of aryl methyl sites for hydroxylation is 1. The van der Waals surface area contributed by atoms with E-state index in [-0.39, 0.29) is 29.0 Å². The number of aromatic nitrogens is 5. The number of halogens is 1. The molecular formula is C35H41FN6O2. The van der Waals surface area contributed by atoms with Crippen LogP contribution in [-0.2, 0) is 0 Å². The molecule has 2 aliphatic carbocycles. The number of likely N-dealkylation sites (tertiary alicyclic amines) is 1. The van der Waals surface area contributed by atoms with Crippen molar-refractivity contribution in [3.8, 4) is 22.6 Å². The third kappa shape index (κ3) is 5.24. The highest BCUT2D eigenvalue weighted by atomic mass is 19.1. The fourth-order valence-corrected chi connectivity index (χ4v) is 7.87. The molecule has 44 heavy (non-hydrogen) atoms. The van der Waals surface area contributed by atoms with Crippen LogP contribution < -0.4 is 5.56 Å². The summed E-state index contributed by atoms with van der Waals surface area (Å²) in [6.07, 6.45) is 15.4. The monoisotopic (exact) mass is 596 g/mol. The van der Waals surface area contributed by atoms with Gasteiger partial charge in [-0.05, 0) is 74.8 Å². The molecule has 3 aromatic heterocycles. The van der Waals surface area contributed by atoms with Gasteiger partial charge in [0.2, 0.25) is 0 Å². The van der Waals surface area contributed by atoms with Crippen molar-refractivity contribution in [1.29, 1.82) is 0 Å². The van der Waals surface area contributed by atoms with Crippen LogP contribution in [0.2, 0.25) is 0 Å². The Morgan fingerprint density at radius 3 is 2.36 bits per heavy atom. The van der Waals surface area contributed by atoms with Gasteiger partial charge in [-0.3, -0.25) is 23.9 Å². The Bertz CT molecular complexity index is 1720. The summed E-state index contributed by atoms with van der Waals surface area (Å²) in [6, 6.07) is 9.78. The largest absolute Gasteiger partial charge is 0.339 e. The number of H-pyrrole nitrogens is 1. The van der Waals surface area contributed by atoms with Gasteiger partial charge < -0.3 is 9.88 Å². The fraction of sp³-hybridized carbons (Fsp3) is 0.514. The predicted octanol–water partition coefficient (Wildman–Crippen LogP) is 6.74. The number of alkyl halides is 1. The van der Waals surface area contributed by atoms with E-state index in [1.165, 1.54) is 73.9 Å². The van der Waals surface area contributed by atoms with E-state index in [2.05, 4.69) is 44.3 Å². The molecular weight excluding hydrogens is 555 g/mol. The standard InChI is InChI=1S/C35H41FN6O2/c1-21-32(38-16-15-37-21)33-31(35(44)41-20-28(19-36)22(41)2)34-39-29(18-30(43)42(34)40-33)27-13-11-26(12-14-27)25-9-7-24(8-10-25)17-23-5-3-4-6-23/h11-16,18,22-25,28,39H,3-10,17,19-20H2,1-2H3/t22-,24?,25?,28-/m1/s1. The molecule has 1 aliphatic heterocycles. The highest BCUT2D eigenvalue weighted by Gasteiger charge is 2.41. The first kappa shape index (κ1) is 28.9. The van der Waals surface area contributed by atoms with Crippen LogP contribution in [-0.4, -0.2) is 54.6 Å². The van der Waals surface area contributed by atoms with E-state index >= 15 is 0 Å². The first-order valence-corrected chi connectivity index (χ1v) is 16.3. The van der Waals surface area contributed by atoms with Gasteiger partial charge >= 0.3 is 0 Å². The summed E-state index contributed by atoms with van der Waals surface area (Å²) in [4.78, 5) is 41.2. The fourth-order valence-electron chi connectivity index (χ4n) is 7.87. The summed E-state index contributed by atoms with van der Waals surface area (Å²) in [7, 11) is 0. The number of nitrogens with one attached hydrogen (secondary N) is 1. The van der Waals surface area contributed by atoms with Crippen molar-refractivity contribution >= 4 is 11.6 Å². The topological polar surface area (TPSA) is 96.2 Å². The zero-order valence-electron chi connectivity index (χ0n) is 25.6. The SMILES string of the molecule is Cc1nccnc1-c1nn2c(=O)cc(-c3ccc(C4CCC(CC5CCCC5)CC4)cc3)[nH]c2c1C(=O)N1C[C@@H](CF)[C@H]1C. The van der Waals surface area contributed by atoms with Crippen molar-refractivity contribution in [2.75, 3.05) is 13.2 Å². The van der Waals surface area contributed by atoms with Crippen LogP contribution >= 0.6 is 0 Å². The summed E-state index contributed by atoms with van der Waals surface area (Å²) in [5.74, 6) is 1.93. The van der Waals surface area contributed by atoms with E-state index in [0.29, 0.717) is 40.9 Å². The van der Waals surface area contributed by atoms with Crippen LogP contribution in [0.5, 0.6) is 0 Å². The smallest absolute Gasteiger partial charge is 0.274 e. The molecule has 4 heterocycles. The lowest BCUT2D eigenvalue weighted by Gasteiger charge is -2.45. The van der Waals surface area contributed by atoms with E-state index in [0.717, 1.165) is 17.4 Å². The molecule has 1 N–H and O–H groups in total. The third-order valence-electron chi connectivity index (χ3n) is 10.7. The number of carbonyl (C=O) groups excluding carboxylic acids is 1. The Labute approximate surface area is 257 Å². The molecule has 0 radical (unpaired) electrons. The number of amides is 1. The molecule has 4 aromatic rings. The van der Waals surface area contributed by atoms with Gasteiger partial charge in [0.1, 0.15) is 17.0 Å². The highest BCUT2D eigenvalue weighted by Crippen LogP contribution is 2.41. The molecule has 1 amide bonds. The maximum absolute atomic E-state index is 14.0. The lowest BCUT2D eigenvalue weighted by Crippen LogP contribution is -2.58. The molecule has 0 bridgehead atoms. The Kier molecular flexibility index (Phi) is 7.81. The average molecular weight is 597 g/mol. The molecule has 8 nitrogen and oxygen atoms in total. The van der Waals surface area contributed by atoms with Crippen molar-refractivity contribution in [2.24, 2.45) is 17.8 Å². The van der Waals surface area contributed by atoms with Crippen molar-refractivity contribution < 1.29 is 9.18 Å². The summed E-state index contributed by atoms with van der Waals surface area (Å²) in [5, 5.41) is 4.57. The molecule has 230 valence electrons. The van der Waals surface area contributed by atoms with Crippen molar-refractivity contribution in [2.45, 2.75) is 83.6 Å². The summed E-state index contributed by atoms with van der Waals surface area (Å²) in [5.41, 5.74) is 4.37. The molecule has 2 saturated carbocycles. The quantitative estimate of drug-likeness (QED) is 0.255. The van der Waals surface area contributed by atoms with Crippen LogP contribution in [0.1, 0.15) is 92.2 Å². The minimum atomic E-state index is -0.477. The van der Waals surface area contributed by atoms with Gasteiger partial charge in [-0.1, -0.05) is 49.9 Å². The Morgan fingerprint density at radius 2 is 1.68 bits per heavy atom. The molecule has 3 aliphatic rings. The molecule has 2 atom stereocenters. The summed E-state index contributed by atoms with van der Waals surface area (Å²) >= 11 is 0. The Hall–Kier alpha value is -3.88. The van der Waals surface area contributed by atoms with Gasteiger partial charge in [-0.25, -0.2) is 0 Å². The first-order valence-electron chi connectivity index (χ1n) is 16.3. The maximum atomic E-state index is 14.0. The highest BCUT2D eigenvalue weighted by molar-refractivity contribution is 6.06. The number of nitrogens with zero attached hydrogens (tertiary/aromatic N) is 5. The van der Waals surface area contributed by atoms with E-state index < -0.39 is 6.67 Å². The Balaban J connectivity index is 1.18. The molecule has 7 rings (SSSR count). The minimum Gasteiger partial charge on any atom is -0.339 e. The van der Waals surface area contributed by atoms with Gasteiger partial charge in [0.05, 0.1) is 18.1 Å². The van der Waals surface area contributed by atoms with Crippen LogP contribution in [0.15, 0.2) is 47.5 Å². The molecule has 1 aromatic carbocycles. The molecule has 3 fully saturated rings. The third-order valence-corrected chi connectivity index (χ3v) is 10.7. The molecule has 1 saturated heterocycles. The average Bonchev–Trinajstić information content (AvgIpc) is 3.69. The second-order valence-corrected chi connectivity index (χ2v) is 13.3. The summed E-state index contributed by atoms with van der Waals surface area (Å²) in [6.45, 7) is 3.49. The predicted molar refractivity (Wildman–Crippen MR) is 168 cm³/mol. The number of carbonyl (C=O) groups is 1. The van der Waals surface area contributed by atoms with Gasteiger partial charge in [0.15, 0.2) is 5.65 Å². The molecule has 9 heteroatoms. The minimum absolute atomic E-state index is 0.196. The van der Waals surface area contributed by atoms with E-state index in [1.807, 2.05) is 6.92 Å². The zero-order chi connectivity index (χ0) is 30.4. The maximum Gasteiger partial charge on any atom is 0.274 e. The second kappa shape index (κ2) is 11.9. The van der Waals surface area contributed by atoms with Gasteiger partial charge in [-0.15, -0.1) is 0 Å². The number of rotatable bonds is 7. The van der Waals surface area contributed by atoms with Crippen molar-refractivity contribution in [1.82, 2.24) is 29.5 Å². The van der Waals surface area contributed by atoms with Crippen molar-refractivity contribution in [3.63, 3.8) is 0 Å². The second-order valence-electron chi connectivity index (χ2n) is 13.3.